The lowest BCUT2D eigenvalue weighted by atomic mass is 9.89. The summed E-state index contributed by atoms with van der Waals surface area (Å²) in [6.45, 7) is 0.322. The molecule has 2 aromatic heterocycles. The van der Waals surface area contributed by atoms with Crippen LogP contribution in [0.4, 0.5) is 23.5 Å². The minimum Gasteiger partial charge on any atom is -0.354 e. The van der Waals surface area contributed by atoms with E-state index in [0.717, 1.165) is 25.1 Å². The Kier molecular flexibility index (Phi) is 5.22. The maximum Gasteiger partial charge on any atom is 0.433 e. The van der Waals surface area contributed by atoms with Crippen molar-refractivity contribution >= 4 is 11.9 Å². The number of aromatic nitrogens is 5. The summed E-state index contributed by atoms with van der Waals surface area (Å²) in [6.07, 6.45) is 1.70. The lowest BCUT2D eigenvalue weighted by molar-refractivity contribution is -0.141. The summed E-state index contributed by atoms with van der Waals surface area (Å²) >= 11 is 0. The number of nitrogens with zero attached hydrogens (tertiary/aromatic N) is 6. The van der Waals surface area contributed by atoms with Crippen molar-refractivity contribution in [3.8, 4) is 5.69 Å². The van der Waals surface area contributed by atoms with E-state index >= 15 is 0 Å². The predicted octanol–water partition coefficient (Wildman–Crippen LogP) is 3.32. The molecule has 5 rings (SSSR count). The van der Waals surface area contributed by atoms with Crippen LogP contribution in [-0.2, 0) is 6.18 Å². The number of hydrogen-bond acceptors (Lipinski definition) is 6. The molecule has 0 aliphatic carbocycles. The van der Waals surface area contributed by atoms with Gasteiger partial charge in [-0.25, -0.2) is 14.4 Å². The maximum atomic E-state index is 14.0. The first kappa shape index (κ1) is 21.3. The molecular formula is C21H19F4N7O. The second-order valence-corrected chi connectivity index (χ2v) is 8.13. The average Bonchev–Trinajstić information content (AvgIpc) is 3.53. The van der Waals surface area contributed by atoms with Gasteiger partial charge in [-0.15, -0.1) is 0 Å². The molecule has 3 atom stereocenters. The standard InChI is InChI=1S/C21H19F4N7O/c22-13-1-3-17(32-28-7-8-29-32)15(10-13)19(33)31-14-2-4-16(31)12(9-14)11-27-20-26-6-5-18(30-20)21(23,24)25/h1,3,5-8,10,12,14,16H,2,4,9,11H2,(H,26,27,30). The SMILES string of the molecule is O=C(c1cc(F)ccc1-n1nccn1)N1C2CCC1C(CNc1nccc(C(F)(F)F)n1)C2. The van der Waals surface area contributed by atoms with E-state index in [2.05, 4.69) is 25.5 Å². The molecule has 4 heterocycles. The summed E-state index contributed by atoms with van der Waals surface area (Å²) in [6, 6.07) is 4.55. The predicted molar refractivity (Wildman–Crippen MR) is 108 cm³/mol. The van der Waals surface area contributed by atoms with E-state index in [0.29, 0.717) is 18.7 Å². The van der Waals surface area contributed by atoms with Gasteiger partial charge in [-0.1, -0.05) is 0 Å². The minimum absolute atomic E-state index is 0.00526. The Morgan fingerprint density at radius 2 is 1.91 bits per heavy atom. The van der Waals surface area contributed by atoms with Gasteiger partial charge in [0.05, 0.1) is 23.6 Å². The molecule has 33 heavy (non-hydrogen) atoms. The molecule has 0 spiro atoms. The van der Waals surface area contributed by atoms with Crippen LogP contribution in [0.25, 0.3) is 5.69 Å². The number of rotatable bonds is 5. The molecule has 2 bridgehead atoms. The van der Waals surface area contributed by atoms with Crippen molar-refractivity contribution in [3.05, 3.63) is 59.9 Å². The average molecular weight is 461 g/mol. The second kappa shape index (κ2) is 8.09. The Morgan fingerprint density at radius 3 is 2.67 bits per heavy atom. The Bertz CT molecular complexity index is 1170. The summed E-state index contributed by atoms with van der Waals surface area (Å²) in [4.78, 5) is 23.9. The lowest BCUT2D eigenvalue weighted by Gasteiger charge is -2.25. The van der Waals surface area contributed by atoms with Gasteiger partial charge in [0, 0.05) is 24.8 Å². The molecule has 3 aromatic rings. The first-order valence-corrected chi connectivity index (χ1v) is 10.4. The highest BCUT2D eigenvalue weighted by atomic mass is 19.4. The molecular weight excluding hydrogens is 442 g/mol. The van der Waals surface area contributed by atoms with Crippen LogP contribution < -0.4 is 5.32 Å². The van der Waals surface area contributed by atoms with Crippen LogP contribution in [0.5, 0.6) is 0 Å². The van der Waals surface area contributed by atoms with Gasteiger partial charge in [0.25, 0.3) is 5.91 Å². The van der Waals surface area contributed by atoms with Crippen molar-refractivity contribution in [1.29, 1.82) is 0 Å². The van der Waals surface area contributed by atoms with Crippen LogP contribution in [-0.4, -0.2) is 54.4 Å². The third-order valence-electron chi connectivity index (χ3n) is 6.19. The molecule has 1 amide bonds. The summed E-state index contributed by atoms with van der Waals surface area (Å²) < 4.78 is 52.7. The van der Waals surface area contributed by atoms with E-state index in [-0.39, 0.29) is 35.4 Å². The van der Waals surface area contributed by atoms with Gasteiger partial charge in [-0.2, -0.15) is 28.2 Å². The first-order valence-electron chi connectivity index (χ1n) is 10.4. The molecule has 0 saturated carbocycles. The maximum absolute atomic E-state index is 14.0. The van der Waals surface area contributed by atoms with E-state index in [1.807, 2.05) is 0 Å². The fourth-order valence-electron chi connectivity index (χ4n) is 4.81. The van der Waals surface area contributed by atoms with Gasteiger partial charge in [0.15, 0.2) is 0 Å². The van der Waals surface area contributed by atoms with Crippen LogP contribution in [0.15, 0.2) is 42.9 Å². The lowest BCUT2D eigenvalue weighted by Crippen LogP contribution is -2.38. The molecule has 3 unspecified atom stereocenters. The van der Waals surface area contributed by atoms with Gasteiger partial charge in [-0.3, -0.25) is 4.79 Å². The van der Waals surface area contributed by atoms with Gasteiger partial charge >= 0.3 is 6.18 Å². The van der Waals surface area contributed by atoms with E-state index in [4.69, 9.17) is 0 Å². The molecule has 1 N–H and O–H groups in total. The number of halogens is 4. The molecule has 12 heteroatoms. The zero-order chi connectivity index (χ0) is 23.2. The topological polar surface area (TPSA) is 88.8 Å². The van der Waals surface area contributed by atoms with Crippen LogP contribution in [0.2, 0.25) is 0 Å². The number of carbonyl (C=O) groups is 1. The Hall–Kier alpha value is -3.57. The molecule has 2 aliphatic heterocycles. The smallest absolute Gasteiger partial charge is 0.354 e. The van der Waals surface area contributed by atoms with Gasteiger partial charge in [0.1, 0.15) is 11.5 Å². The minimum atomic E-state index is -4.55. The molecule has 2 saturated heterocycles. The van der Waals surface area contributed by atoms with Crippen molar-refractivity contribution in [3.63, 3.8) is 0 Å². The van der Waals surface area contributed by atoms with Crippen LogP contribution in [0.1, 0.15) is 35.3 Å². The molecule has 2 fully saturated rings. The summed E-state index contributed by atoms with van der Waals surface area (Å²) in [5, 5.41) is 11.0. The summed E-state index contributed by atoms with van der Waals surface area (Å²) in [5.74, 6) is -0.957. The Labute approximate surface area is 185 Å². The fourth-order valence-corrected chi connectivity index (χ4v) is 4.81. The van der Waals surface area contributed by atoms with E-state index < -0.39 is 17.7 Å². The number of amides is 1. The molecule has 1 aromatic carbocycles. The highest BCUT2D eigenvalue weighted by Crippen LogP contribution is 2.43. The molecule has 2 aliphatic rings. The third kappa shape index (κ3) is 4.00. The quantitative estimate of drug-likeness (QED) is 0.587. The number of carbonyl (C=O) groups excluding carboxylic acids is 1. The zero-order valence-corrected chi connectivity index (χ0v) is 17.2. The Morgan fingerprint density at radius 1 is 1.12 bits per heavy atom. The number of benzene rings is 1. The zero-order valence-electron chi connectivity index (χ0n) is 17.2. The number of fused-ring (bicyclic) bond motifs is 2. The highest BCUT2D eigenvalue weighted by molar-refractivity contribution is 5.98. The van der Waals surface area contributed by atoms with Crippen molar-refractivity contribution in [2.45, 2.75) is 37.5 Å². The largest absolute Gasteiger partial charge is 0.433 e. The second-order valence-electron chi connectivity index (χ2n) is 8.13. The van der Waals surface area contributed by atoms with Crippen molar-refractivity contribution < 1.29 is 22.4 Å². The highest BCUT2D eigenvalue weighted by Gasteiger charge is 2.49. The van der Waals surface area contributed by atoms with Crippen LogP contribution in [0, 0.1) is 11.7 Å². The van der Waals surface area contributed by atoms with Crippen molar-refractivity contribution in [1.82, 2.24) is 29.9 Å². The first-order chi connectivity index (χ1) is 15.8. The molecule has 172 valence electrons. The number of alkyl halides is 3. The number of hydrogen-bond donors (Lipinski definition) is 1. The normalized spacial score (nSPS) is 22.1. The number of anilines is 1. The Balaban J connectivity index is 1.33. The van der Waals surface area contributed by atoms with Crippen molar-refractivity contribution in [2.24, 2.45) is 5.92 Å². The third-order valence-corrected chi connectivity index (χ3v) is 6.19. The van der Waals surface area contributed by atoms with Crippen LogP contribution in [0.3, 0.4) is 0 Å². The van der Waals surface area contributed by atoms with Gasteiger partial charge in [0.2, 0.25) is 5.95 Å². The fraction of sp³-hybridized carbons (Fsp3) is 0.381. The number of nitrogens with one attached hydrogen (secondary N) is 1. The van der Waals surface area contributed by atoms with Gasteiger partial charge in [-0.05, 0) is 49.4 Å². The molecule has 8 nitrogen and oxygen atoms in total. The monoisotopic (exact) mass is 461 g/mol. The van der Waals surface area contributed by atoms with E-state index in [1.54, 1.807) is 4.90 Å². The summed E-state index contributed by atoms with van der Waals surface area (Å²) in [7, 11) is 0. The van der Waals surface area contributed by atoms with Gasteiger partial charge < -0.3 is 10.2 Å². The van der Waals surface area contributed by atoms with Crippen LogP contribution >= 0.6 is 0 Å². The molecule has 0 radical (unpaired) electrons. The van der Waals surface area contributed by atoms with E-state index in [1.165, 1.54) is 35.4 Å². The summed E-state index contributed by atoms with van der Waals surface area (Å²) in [5.41, 5.74) is -0.474. The van der Waals surface area contributed by atoms with E-state index in [9.17, 15) is 22.4 Å². The van der Waals surface area contributed by atoms with Crippen molar-refractivity contribution in [2.75, 3.05) is 11.9 Å².